The van der Waals surface area contributed by atoms with Gasteiger partial charge in [0, 0.05) is 6.20 Å². The predicted molar refractivity (Wildman–Crippen MR) is 64.7 cm³/mol. The highest BCUT2D eigenvalue weighted by Crippen LogP contribution is 2.20. The first kappa shape index (κ1) is 11.3. The van der Waals surface area contributed by atoms with Crippen LogP contribution in [-0.2, 0) is 6.54 Å². The summed E-state index contributed by atoms with van der Waals surface area (Å²) in [5.74, 6) is 1.17. The first-order valence-electron chi connectivity index (χ1n) is 5.17. The molecule has 5 heteroatoms. The van der Waals surface area contributed by atoms with Crippen molar-refractivity contribution in [2.75, 3.05) is 7.11 Å². The van der Waals surface area contributed by atoms with Gasteiger partial charge in [0.2, 0.25) is 0 Å². The molecule has 1 heterocycles. The van der Waals surface area contributed by atoms with Gasteiger partial charge in [-0.2, -0.15) is 0 Å². The van der Waals surface area contributed by atoms with Gasteiger partial charge in [0.05, 0.1) is 19.2 Å². The Labute approximate surface area is 98.3 Å². The van der Waals surface area contributed by atoms with Crippen LogP contribution in [0.5, 0.6) is 5.75 Å². The Hall–Kier alpha value is -2.14. The number of aromatic amines is 1. The quantitative estimate of drug-likeness (QED) is 0.822. The van der Waals surface area contributed by atoms with Gasteiger partial charge >= 0.3 is 0 Å². The zero-order valence-electron chi connectivity index (χ0n) is 9.43. The lowest BCUT2D eigenvalue weighted by molar-refractivity contribution is 0.415. The molecule has 0 saturated carbocycles. The van der Waals surface area contributed by atoms with Crippen LogP contribution in [0.3, 0.4) is 0 Å². The highest BCUT2D eigenvalue weighted by Gasteiger charge is 2.05. The summed E-state index contributed by atoms with van der Waals surface area (Å²) in [6.45, 7) is 0.216. The highest BCUT2D eigenvalue weighted by atomic mass is 16.5. The molecule has 5 nitrogen and oxygen atoms in total. The number of rotatable bonds is 3. The molecule has 0 unspecified atom stereocenters. The fourth-order valence-electron chi connectivity index (χ4n) is 1.53. The lowest BCUT2D eigenvalue weighted by Gasteiger charge is -2.04. The summed E-state index contributed by atoms with van der Waals surface area (Å²) in [5, 5.41) is 0. The minimum atomic E-state index is -0.200. The van der Waals surface area contributed by atoms with Gasteiger partial charge < -0.3 is 15.5 Å². The van der Waals surface area contributed by atoms with Crippen LogP contribution >= 0.6 is 0 Å². The van der Waals surface area contributed by atoms with E-state index in [1.165, 1.54) is 6.20 Å². The smallest absolute Gasteiger partial charge is 0.258 e. The van der Waals surface area contributed by atoms with Crippen molar-refractivity contribution in [2.24, 2.45) is 5.73 Å². The highest BCUT2D eigenvalue weighted by molar-refractivity contribution is 5.63. The number of nitrogens with one attached hydrogen (secondary N) is 1. The van der Waals surface area contributed by atoms with Crippen molar-refractivity contribution in [1.82, 2.24) is 9.97 Å². The summed E-state index contributed by atoms with van der Waals surface area (Å²) in [5.41, 5.74) is 6.47. The maximum absolute atomic E-state index is 11.8. The van der Waals surface area contributed by atoms with E-state index < -0.39 is 0 Å². The summed E-state index contributed by atoms with van der Waals surface area (Å²) < 4.78 is 5.11. The monoisotopic (exact) mass is 231 g/mol. The van der Waals surface area contributed by atoms with Crippen molar-refractivity contribution < 1.29 is 4.74 Å². The van der Waals surface area contributed by atoms with E-state index in [2.05, 4.69) is 9.97 Å². The van der Waals surface area contributed by atoms with E-state index >= 15 is 0 Å². The molecule has 0 fully saturated rings. The van der Waals surface area contributed by atoms with E-state index in [0.29, 0.717) is 17.1 Å². The number of H-pyrrole nitrogens is 1. The third kappa shape index (κ3) is 2.34. The van der Waals surface area contributed by atoms with Gasteiger partial charge in [0.1, 0.15) is 11.6 Å². The summed E-state index contributed by atoms with van der Waals surface area (Å²) in [7, 11) is 1.58. The van der Waals surface area contributed by atoms with Crippen LogP contribution in [0.1, 0.15) is 5.82 Å². The van der Waals surface area contributed by atoms with Gasteiger partial charge in [0.25, 0.3) is 5.56 Å². The fourth-order valence-corrected chi connectivity index (χ4v) is 1.53. The van der Waals surface area contributed by atoms with Crippen molar-refractivity contribution in [3.8, 4) is 16.9 Å². The third-order valence-corrected chi connectivity index (χ3v) is 2.43. The second kappa shape index (κ2) is 4.80. The summed E-state index contributed by atoms with van der Waals surface area (Å²) >= 11 is 0. The van der Waals surface area contributed by atoms with Crippen LogP contribution in [0.2, 0.25) is 0 Å². The summed E-state index contributed by atoms with van der Waals surface area (Å²) in [4.78, 5) is 18.5. The van der Waals surface area contributed by atoms with Crippen LogP contribution in [0.15, 0.2) is 35.3 Å². The van der Waals surface area contributed by atoms with Gasteiger partial charge in [-0.15, -0.1) is 0 Å². The number of aromatic nitrogens is 2. The van der Waals surface area contributed by atoms with Crippen LogP contribution < -0.4 is 16.0 Å². The Morgan fingerprint density at radius 2 is 2.29 bits per heavy atom. The molecule has 0 aliphatic rings. The molecule has 0 aliphatic heterocycles. The topological polar surface area (TPSA) is 81.0 Å². The van der Waals surface area contributed by atoms with E-state index in [1.54, 1.807) is 13.2 Å². The number of nitrogens with two attached hydrogens (primary N) is 1. The third-order valence-electron chi connectivity index (χ3n) is 2.43. The molecule has 17 heavy (non-hydrogen) atoms. The maximum Gasteiger partial charge on any atom is 0.258 e. The molecule has 3 N–H and O–H groups in total. The SMILES string of the molecule is COc1cccc(-c2cnc(CN)[nH]c2=O)c1. The lowest BCUT2D eigenvalue weighted by atomic mass is 10.1. The van der Waals surface area contributed by atoms with Crippen LogP contribution in [0, 0.1) is 0 Å². The molecule has 0 bridgehead atoms. The average Bonchev–Trinajstić information content (AvgIpc) is 2.38. The molecule has 2 aromatic rings. The van der Waals surface area contributed by atoms with Crippen molar-refractivity contribution in [3.05, 3.63) is 46.6 Å². The second-order valence-corrected chi connectivity index (χ2v) is 3.51. The lowest BCUT2D eigenvalue weighted by Crippen LogP contribution is -2.15. The number of nitrogens with zero attached hydrogens (tertiary/aromatic N) is 1. The molecule has 0 aliphatic carbocycles. The molecular formula is C12H13N3O2. The average molecular weight is 231 g/mol. The van der Waals surface area contributed by atoms with Crippen molar-refractivity contribution in [2.45, 2.75) is 6.54 Å². The Balaban J connectivity index is 2.49. The van der Waals surface area contributed by atoms with E-state index in [-0.39, 0.29) is 12.1 Å². The van der Waals surface area contributed by atoms with Gasteiger partial charge in [-0.05, 0) is 17.7 Å². The standard InChI is InChI=1S/C12H13N3O2/c1-17-9-4-2-3-8(5-9)10-7-14-11(6-13)15-12(10)16/h2-5,7H,6,13H2,1H3,(H,14,15,16). The minimum Gasteiger partial charge on any atom is -0.497 e. The van der Waals surface area contributed by atoms with Crippen LogP contribution in [0.25, 0.3) is 11.1 Å². The summed E-state index contributed by atoms with van der Waals surface area (Å²) in [6, 6.07) is 7.26. The zero-order chi connectivity index (χ0) is 12.3. The van der Waals surface area contributed by atoms with Crippen LogP contribution in [-0.4, -0.2) is 17.1 Å². The van der Waals surface area contributed by atoms with Crippen molar-refractivity contribution in [3.63, 3.8) is 0 Å². The van der Waals surface area contributed by atoms with Gasteiger partial charge in [-0.25, -0.2) is 4.98 Å². The van der Waals surface area contributed by atoms with E-state index in [9.17, 15) is 4.79 Å². The van der Waals surface area contributed by atoms with E-state index in [4.69, 9.17) is 10.5 Å². The van der Waals surface area contributed by atoms with E-state index in [1.807, 2.05) is 18.2 Å². The molecule has 2 rings (SSSR count). The molecule has 0 saturated heterocycles. The Morgan fingerprint density at radius 3 is 2.94 bits per heavy atom. The predicted octanol–water partition coefficient (Wildman–Crippen LogP) is 0.904. The normalized spacial score (nSPS) is 10.2. The van der Waals surface area contributed by atoms with Gasteiger partial charge in [-0.1, -0.05) is 12.1 Å². The second-order valence-electron chi connectivity index (χ2n) is 3.51. The molecule has 0 atom stereocenters. The maximum atomic E-state index is 11.8. The number of benzene rings is 1. The first-order chi connectivity index (χ1) is 8.24. The number of methoxy groups -OCH3 is 1. The Kier molecular flexibility index (Phi) is 3.20. The van der Waals surface area contributed by atoms with Gasteiger partial charge in [-0.3, -0.25) is 4.79 Å². The summed E-state index contributed by atoms with van der Waals surface area (Å²) in [6.07, 6.45) is 1.52. The number of hydrogen-bond donors (Lipinski definition) is 2. The minimum absolute atomic E-state index is 0.200. The van der Waals surface area contributed by atoms with E-state index in [0.717, 1.165) is 5.56 Å². The number of hydrogen-bond acceptors (Lipinski definition) is 4. The molecule has 1 aromatic carbocycles. The molecule has 88 valence electrons. The molecular weight excluding hydrogens is 218 g/mol. The van der Waals surface area contributed by atoms with Crippen molar-refractivity contribution >= 4 is 0 Å². The van der Waals surface area contributed by atoms with Crippen molar-refractivity contribution in [1.29, 1.82) is 0 Å². The molecule has 0 amide bonds. The fraction of sp³-hybridized carbons (Fsp3) is 0.167. The zero-order valence-corrected chi connectivity index (χ0v) is 9.43. The molecule has 0 radical (unpaired) electrons. The van der Waals surface area contributed by atoms with Gasteiger partial charge in [0.15, 0.2) is 0 Å². The molecule has 1 aromatic heterocycles. The Bertz CT molecular complexity index is 578. The Morgan fingerprint density at radius 1 is 1.47 bits per heavy atom. The largest absolute Gasteiger partial charge is 0.497 e. The first-order valence-corrected chi connectivity index (χ1v) is 5.17. The van der Waals surface area contributed by atoms with Crippen LogP contribution in [0.4, 0.5) is 0 Å². The molecule has 0 spiro atoms. The number of ether oxygens (including phenoxy) is 1.